The standard InChI is InChI=1S/C18H26N2O/c1-20-13-7-11-16(14-20)17(18(19)21)12-6-5-10-15-8-3-2-4-9-15/h2-4,8-9,12,16H,5-7,10-11,13-14H2,1H3,(H2,19,21)/b17-12+. The van der Waals surface area contributed by atoms with Crippen LogP contribution in [-0.2, 0) is 11.2 Å². The van der Waals surface area contributed by atoms with Crippen LogP contribution in [0.1, 0.15) is 31.2 Å². The average Bonchev–Trinajstić information content (AvgIpc) is 2.48. The third-order valence-corrected chi connectivity index (χ3v) is 4.23. The predicted octanol–water partition coefficient (Wildman–Crippen LogP) is 2.76. The van der Waals surface area contributed by atoms with E-state index in [0.29, 0.717) is 5.92 Å². The van der Waals surface area contributed by atoms with Crippen molar-refractivity contribution in [2.75, 3.05) is 20.1 Å². The lowest BCUT2D eigenvalue weighted by molar-refractivity contribution is -0.115. The molecule has 0 aromatic heterocycles. The lowest BCUT2D eigenvalue weighted by atomic mass is 9.89. The molecule has 2 rings (SSSR count). The maximum Gasteiger partial charge on any atom is 0.244 e. The molecule has 2 N–H and O–H groups in total. The van der Waals surface area contributed by atoms with Crippen LogP contribution in [0, 0.1) is 5.92 Å². The summed E-state index contributed by atoms with van der Waals surface area (Å²) < 4.78 is 0. The van der Waals surface area contributed by atoms with Crippen LogP contribution in [0.2, 0.25) is 0 Å². The van der Waals surface area contributed by atoms with Gasteiger partial charge in [0.1, 0.15) is 0 Å². The van der Waals surface area contributed by atoms with E-state index in [-0.39, 0.29) is 5.91 Å². The van der Waals surface area contributed by atoms with E-state index in [2.05, 4.69) is 42.3 Å². The van der Waals surface area contributed by atoms with Crippen LogP contribution >= 0.6 is 0 Å². The lowest BCUT2D eigenvalue weighted by Crippen LogP contribution is -2.35. The van der Waals surface area contributed by atoms with E-state index in [0.717, 1.165) is 50.8 Å². The van der Waals surface area contributed by atoms with E-state index in [4.69, 9.17) is 5.73 Å². The first-order valence-corrected chi connectivity index (χ1v) is 7.89. The van der Waals surface area contributed by atoms with E-state index < -0.39 is 0 Å². The summed E-state index contributed by atoms with van der Waals surface area (Å²) in [6, 6.07) is 10.5. The van der Waals surface area contributed by atoms with Gasteiger partial charge in [-0.15, -0.1) is 0 Å². The molecule has 1 fully saturated rings. The van der Waals surface area contributed by atoms with Gasteiger partial charge >= 0.3 is 0 Å². The highest BCUT2D eigenvalue weighted by Gasteiger charge is 2.23. The van der Waals surface area contributed by atoms with E-state index in [1.165, 1.54) is 5.56 Å². The first kappa shape index (κ1) is 15.8. The predicted molar refractivity (Wildman–Crippen MR) is 86.9 cm³/mol. The fraction of sp³-hybridized carbons (Fsp3) is 0.500. The van der Waals surface area contributed by atoms with Gasteiger partial charge in [0.05, 0.1) is 0 Å². The summed E-state index contributed by atoms with van der Waals surface area (Å²) in [5.41, 5.74) is 7.77. The molecule has 1 unspecified atom stereocenters. The number of carbonyl (C=O) groups is 1. The summed E-state index contributed by atoms with van der Waals surface area (Å²) in [6.45, 7) is 2.07. The smallest absolute Gasteiger partial charge is 0.244 e. The Morgan fingerprint density at radius 2 is 2.14 bits per heavy atom. The number of allylic oxidation sites excluding steroid dienone is 1. The fourth-order valence-corrected chi connectivity index (χ4v) is 3.10. The minimum Gasteiger partial charge on any atom is -0.366 e. The minimum atomic E-state index is -0.241. The van der Waals surface area contributed by atoms with Gasteiger partial charge in [0, 0.05) is 18.0 Å². The van der Waals surface area contributed by atoms with Gasteiger partial charge in [0.15, 0.2) is 0 Å². The first-order chi connectivity index (χ1) is 10.2. The molecule has 3 heteroatoms. The second kappa shape index (κ2) is 7.99. The van der Waals surface area contributed by atoms with Crippen molar-refractivity contribution in [3.05, 3.63) is 47.5 Å². The molecule has 0 spiro atoms. The molecule has 114 valence electrons. The van der Waals surface area contributed by atoms with Crippen LogP contribution in [0.25, 0.3) is 0 Å². The Morgan fingerprint density at radius 3 is 2.81 bits per heavy atom. The van der Waals surface area contributed by atoms with Crippen molar-refractivity contribution in [3.63, 3.8) is 0 Å². The molecular formula is C18H26N2O. The van der Waals surface area contributed by atoms with Crippen LogP contribution in [-0.4, -0.2) is 30.9 Å². The third kappa shape index (κ3) is 5.01. The number of likely N-dealkylation sites (tertiary alicyclic amines) is 1. The van der Waals surface area contributed by atoms with Crippen molar-refractivity contribution in [2.45, 2.75) is 32.1 Å². The van der Waals surface area contributed by atoms with Crippen LogP contribution in [0.15, 0.2) is 42.0 Å². The second-order valence-corrected chi connectivity index (χ2v) is 6.00. The third-order valence-electron chi connectivity index (χ3n) is 4.23. The van der Waals surface area contributed by atoms with E-state index in [1.807, 2.05) is 6.07 Å². The first-order valence-electron chi connectivity index (χ1n) is 7.89. The molecule has 1 aliphatic heterocycles. The maximum absolute atomic E-state index is 11.7. The Morgan fingerprint density at radius 1 is 1.38 bits per heavy atom. The van der Waals surface area contributed by atoms with Crippen LogP contribution in [0.4, 0.5) is 0 Å². The van der Waals surface area contributed by atoms with Crippen molar-refractivity contribution in [1.29, 1.82) is 0 Å². The quantitative estimate of drug-likeness (QED) is 0.645. The number of piperidine rings is 1. The molecule has 0 radical (unpaired) electrons. The van der Waals surface area contributed by atoms with E-state index >= 15 is 0 Å². The Kier molecular flexibility index (Phi) is 6.00. The average molecular weight is 286 g/mol. The normalized spacial score (nSPS) is 20.4. The largest absolute Gasteiger partial charge is 0.366 e. The Labute approximate surface area is 127 Å². The molecule has 1 heterocycles. The molecule has 1 aromatic rings. The van der Waals surface area contributed by atoms with Gasteiger partial charge in [-0.3, -0.25) is 4.79 Å². The van der Waals surface area contributed by atoms with Crippen LogP contribution < -0.4 is 5.73 Å². The summed E-state index contributed by atoms with van der Waals surface area (Å²) >= 11 is 0. The number of benzene rings is 1. The van der Waals surface area contributed by atoms with E-state index in [9.17, 15) is 4.79 Å². The fourth-order valence-electron chi connectivity index (χ4n) is 3.10. The number of hydrogen-bond donors (Lipinski definition) is 1. The van der Waals surface area contributed by atoms with Crippen molar-refractivity contribution < 1.29 is 4.79 Å². The summed E-state index contributed by atoms with van der Waals surface area (Å²) in [7, 11) is 2.11. The van der Waals surface area contributed by atoms with Gasteiger partial charge in [-0.05, 0) is 51.3 Å². The highest BCUT2D eigenvalue weighted by atomic mass is 16.1. The van der Waals surface area contributed by atoms with Gasteiger partial charge in [-0.1, -0.05) is 36.4 Å². The molecule has 0 saturated carbocycles. The molecule has 0 aliphatic carbocycles. The number of aryl methyl sites for hydroxylation is 1. The van der Waals surface area contributed by atoms with Gasteiger partial charge < -0.3 is 10.6 Å². The molecule has 1 aromatic carbocycles. The number of unbranched alkanes of at least 4 members (excludes halogenated alkanes) is 1. The number of amides is 1. The number of nitrogens with two attached hydrogens (primary N) is 1. The molecule has 3 nitrogen and oxygen atoms in total. The van der Waals surface area contributed by atoms with Crippen LogP contribution in [0.5, 0.6) is 0 Å². The SMILES string of the molecule is CN1CCCC(/C(=C\CCCc2ccccc2)C(N)=O)C1. The molecule has 1 amide bonds. The Hall–Kier alpha value is -1.61. The second-order valence-electron chi connectivity index (χ2n) is 6.00. The lowest BCUT2D eigenvalue weighted by Gasteiger charge is -2.30. The monoisotopic (exact) mass is 286 g/mol. The van der Waals surface area contributed by atoms with Crippen molar-refractivity contribution >= 4 is 5.91 Å². The van der Waals surface area contributed by atoms with Crippen molar-refractivity contribution in [3.8, 4) is 0 Å². The van der Waals surface area contributed by atoms with Gasteiger partial charge in [-0.25, -0.2) is 0 Å². The highest BCUT2D eigenvalue weighted by Crippen LogP contribution is 2.23. The van der Waals surface area contributed by atoms with E-state index in [1.54, 1.807) is 0 Å². The maximum atomic E-state index is 11.7. The number of carbonyl (C=O) groups excluding carboxylic acids is 1. The minimum absolute atomic E-state index is 0.241. The number of primary amides is 1. The highest BCUT2D eigenvalue weighted by molar-refractivity contribution is 5.92. The Balaban J connectivity index is 1.87. The molecule has 1 atom stereocenters. The van der Waals surface area contributed by atoms with Crippen molar-refractivity contribution in [1.82, 2.24) is 4.90 Å². The van der Waals surface area contributed by atoms with Gasteiger partial charge in [0.2, 0.25) is 5.91 Å². The number of hydrogen-bond acceptors (Lipinski definition) is 2. The zero-order valence-electron chi connectivity index (χ0n) is 12.9. The van der Waals surface area contributed by atoms with Gasteiger partial charge in [-0.2, -0.15) is 0 Å². The zero-order chi connectivity index (χ0) is 15.1. The summed E-state index contributed by atoms with van der Waals surface area (Å²) in [5.74, 6) is 0.0768. The summed E-state index contributed by atoms with van der Waals surface area (Å²) in [4.78, 5) is 14.0. The zero-order valence-corrected chi connectivity index (χ0v) is 12.9. The number of rotatable bonds is 6. The molecule has 21 heavy (non-hydrogen) atoms. The van der Waals surface area contributed by atoms with Gasteiger partial charge in [0.25, 0.3) is 0 Å². The summed E-state index contributed by atoms with van der Waals surface area (Å²) in [6.07, 6.45) is 7.34. The topological polar surface area (TPSA) is 46.3 Å². The molecule has 1 saturated heterocycles. The number of nitrogens with zero attached hydrogens (tertiary/aromatic N) is 1. The van der Waals surface area contributed by atoms with Crippen LogP contribution in [0.3, 0.4) is 0 Å². The van der Waals surface area contributed by atoms with Crippen molar-refractivity contribution in [2.24, 2.45) is 11.7 Å². The molecular weight excluding hydrogens is 260 g/mol. The molecule has 1 aliphatic rings. The summed E-state index contributed by atoms with van der Waals surface area (Å²) in [5, 5.41) is 0. The molecule has 0 bridgehead atoms. The Bertz CT molecular complexity index is 481.